The summed E-state index contributed by atoms with van der Waals surface area (Å²) in [6.07, 6.45) is -0.0663. The number of piperidine rings is 1. The molecule has 2 saturated carbocycles. The van der Waals surface area contributed by atoms with Crippen LogP contribution in [0.15, 0.2) is 24.3 Å². The molecule has 114 heavy (non-hydrogen) atoms. The van der Waals surface area contributed by atoms with Gasteiger partial charge < -0.3 is 111 Å². The number of nitrogens with two attached hydrogens (primary N) is 1. The lowest BCUT2D eigenvalue weighted by Gasteiger charge is -2.36. The molecule has 0 radical (unpaired) electrons. The van der Waals surface area contributed by atoms with Crippen LogP contribution in [0.2, 0.25) is 0 Å². The van der Waals surface area contributed by atoms with Crippen LogP contribution in [0.5, 0.6) is 0 Å². The number of aliphatic carboxylic acids is 1. The number of thioether (sulfide) groups is 2. The summed E-state index contributed by atoms with van der Waals surface area (Å²) in [7, 11) is 1.28. The van der Waals surface area contributed by atoms with Crippen molar-refractivity contribution in [1.29, 1.82) is 0 Å². The number of amides is 12. The van der Waals surface area contributed by atoms with E-state index in [1.54, 1.807) is 34.6 Å². The van der Waals surface area contributed by atoms with Crippen molar-refractivity contribution in [2.75, 3.05) is 44.9 Å². The second-order valence-electron chi connectivity index (χ2n) is 33.0. The highest BCUT2D eigenvalue weighted by Crippen LogP contribution is 2.34. The number of aliphatic hydroxyl groups excluding tert-OH is 4. The van der Waals surface area contributed by atoms with Crippen LogP contribution in [-0.2, 0) is 73.8 Å². The predicted octanol–water partition coefficient (Wildman–Crippen LogP) is -1.28. The van der Waals surface area contributed by atoms with E-state index >= 15 is 19.2 Å². The largest absolute Gasteiger partial charge is 0.481 e. The first-order valence-electron chi connectivity index (χ1n) is 40.8. The lowest BCUT2D eigenvalue weighted by Crippen LogP contribution is -2.63. The third kappa shape index (κ3) is 29.4. The predicted molar refractivity (Wildman–Crippen MR) is 428 cm³/mol. The van der Waals surface area contributed by atoms with Gasteiger partial charge in [0.25, 0.3) is 0 Å². The quantitative estimate of drug-likeness (QED) is 0.0814. The number of benzene rings is 1. The Bertz CT molecular complexity index is 3410. The van der Waals surface area contributed by atoms with Crippen molar-refractivity contribution in [3.8, 4) is 0 Å². The number of aliphatic hydroxyl groups is 4. The number of hydrogen-bond acceptors (Lipinski definition) is 23. The van der Waals surface area contributed by atoms with Gasteiger partial charge in [0.1, 0.15) is 66.5 Å². The molecular formula is C78H128N16O18S2. The van der Waals surface area contributed by atoms with Crippen LogP contribution in [0, 0.1) is 29.1 Å². The molecule has 21 N–H and O–H groups in total. The molecule has 12 amide bonds. The highest BCUT2D eigenvalue weighted by atomic mass is 32.2. The van der Waals surface area contributed by atoms with Crippen molar-refractivity contribution in [1.82, 2.24) is 79.3 Å². The molecule has 34 nitrogen and oxygen atoms in total. The fraction of sp³-hybridized carbons (Fsp3) is 0.756. The van der Waals surface area contributed by atoms with Gasteiger partial charge in [0.15, 0.2) is 0 Å². The van der Waals surface area contributed by atoms with Crippen LogP contribution >= 0.6 is 23.5 Å². The van der Waals surface area contributed by atoms with Gasteiger partial charge in [-0.15, -0.1) is 0 Å². The average Bonchev–Trinajstić information content (AvgIpc) is 1.66. The summed E-state index contributed by atoms with van der Waals surface area (Å²) in [6, 6.07) is -8.83. The van der Waals surface area contributed by atoms with E-state index in [4.69, 9.17) is 5.73 Å². The molecule has 640 valence electrons. The van der Waals surface area contributed by atoms with Gasteiger partial charge in [0.05, 0.1) is 30.6 Å². The van der Waals surface area contributed by atoms with E-state index in [-0.39, 0.29) is 87.0 Å². The number of rotatable bonds is 18. The maximum Gasteiger partial charge on any atom is 0.303 e. The molecule has 1 aromatic carbocycles. The molecule has 7 rings (SSSR count). The number of likely N-dealkylation sites (N-methyl/N-ethyl adjacent to an activating group) is 1. The zero-order valence-corrected chi connectivity index (χ0v) is 69.0. The number of primary amides is 1. The molecule has 2 aliphatic carbocycles. The molecule has 0 spiro atoms. The third-order valence-electron chi connectivity index (χ3n) is 22.6. The number of carbonyl (C=O) groups is 13. The molecule has 36 heteroatoms. The Balaban J connectivity index is 1.24. The minimum absolute atomic E-state index is 0.00785. The minimum atomic E-state index is -1.73. The van der Waals surface area contributed by atoms with Crippen LogP contribution < -0.4 is 80.2 Å². The van der Waals surface area contributed by atoms with E-state index in [1.807, 2.05) is 24.3 Å². The molecule has 2 bridgehead atoms. The molecule has 6 aliphatic rings. The monoisotopic (exact) mass is 1640 g/mol. The van der Waals surface area contributed by atoms with Gasteiger partial charge in [0.2, 0.25) is 70.9 Å². The number of hydrogen-bond donors (Lipinski definition) is 20. The van der Waals surface area contributed by atoms with Gasteiger partial charge in [-0.05, 0) is 176 Å². The Morgan fingerprint density at radius 1 is 0.570 bits per heavy atom. The van der Waals surface area contributed by atoms with Crippen molar-refractivity contribution in [3.05, 3.63) is 35.4 Å². The number of fused-ring (bicyclic) bond motifs is 3. The third-order valence-corrected chi connectivity index (χ3v) is 24.7. The SMILES string of the molecule is CCC[C@@H]1NC(=O)[C@H](CC2CNC3NCCCC23)NC(=O)[C@H]([C@@H](C)O)N(C)C(=O)[C@H](CC2CNCN2)NC(=O)[C@H](CC2CCC(O)CC2)NC(=O)[C@H](C(C)(C)C)NC(=O)CCSCc2cccc(c2)CSC[C@@H](C(N)=O)NC(=O)[C@H]([C@@H](C)O)NC(=O)[C@H](CCC)NC(=O)[C@H](CC2CCC(O)CC2)NC(=O)[C@H](CCC(=O)O)NC1=O. The second kappa shape index (κ2) is 46.0. The Hall–Kier alpha value is -7.29. The molecule has 4 unspecified atom stereocenters. The Kier molecular flexibility index (Phi) is 37.9. The number of carboxylic acid groups (broad SMARTS) is 1. The highest BCUT2D eigenvalue weighted by Gasteiger charge is 2.45. The van der Waals surface area contributed by atoms with E-state index in [1.165, 1.54) is 44.4 Å². The van der Waals surface area contributed by atoms with E-state index < -0.39 is 192 Å². The number of carbonyl (C=O) groups excluding carboxylic acids is 12. The summed E-state index contributed by atoms with van der Waals surface area (Å²) in [5, 5.41) is 94.5. The molecule has 5 fully saturated rings. The van der Waals surface area contributed by atoms with E-state index in [0.29, 0.717) is 94.8 Å². The summed E-state index contributed by atoms with van der Waals surface area (Å²) >= 11 is 2.74. The van der Waals surface area contributed by atoms with Gasteiger partial charge in [0, 0.05) is 62.2 Å². The van der Waals surface area contributed by atoms with Crippen LogP contribution in [0.1, 0.15) is 194 Å². The van der Waals surface area contributed by atoms with Gasteiger partial charge in [-0.1, -0.05) is 71.7 Å². The second-order valence-corrected chi connectivity index (χ2v) is 35.1. The molecule has 3 saturated heterocycles. The Labute approximate surface area is 677 Å². The zero-order valence-electron chi connectivity index (χ0n) is 67.3. The summed E-state index contributed by atoms with van der Waals surface area (Å²) in [5.74, 6) is -11.0. The van der Waals surface area contributed by atoms with Gasteiger partial charge in [-0.3, -0.25) is 62.3 Å². The van der Waals surface area contributed by atoms with Gasteiger partial charge >= 0.3 is 5.97 Å². The molecule has 0 aromatic heterocycles. The highest BCUT2D eigenvalue weighted by molar-refractivity contribution is 7.98. The molecule has 4 heterocycles. The molecule has 17 atom stereocenters. The van der Waals surface area contributed by atoms with Crippen molar-refractivity contribution < 1.29 is 87.9 Å². The minimum Gasteiger partial charge on any atom is -0.481 e. The smallest absolute Gasteiger partial charge is 0.303 e. The molecule has 1 aromatic rings. The lowest BCUT2D eigenvalue weighted by atomic mass is 9.82. The first-order valence-corrected chi connectivity index (χ1v) is 43.1. The number of nitrogens with zero attached hydrogens (tertiary/aromatic N) is 1. The first-order chi connectivity index (χ1) is 54.1. The maximum atomic E-state index is 15.4. The topological polar surface area (TPSA) is 521 Å². The molecule has 4 aliphatic heterocycles. The lowest BCUT2D eigenvalue weighted by molar-refractivity contribution is -0.146. The summed E-state index contributed by atoms with van der Waals surface area (Å²) in [6.45, 7) is 13.2. The van der Waals surface area contributed by atoms with Gasteiger partial charge in [-0.25, -0.2) is 0 Å². The van der Waals surface area contributed by atoms with Crippen LogP contribution in [0.25, 0.3) is 0 Å². The summed E-state index contributed by atoms with van der Waals surface area (Å²) < 4.78 is 0. The Morgan fingerprint density at radius 2 is 1.08 bits per heavy atom. The van der Waals surface area contributed by atoms with Crippen LogP contribution in [0.4, 0.5) is 0 Å². The van der Waals surface area contributed by atoms with E-state index in [9.17, 15) is 68.7 Å². The van der Waals surface area contributed by atoms with E-state index in [2.05, 4.69) is 74.4 Å². The summed E-state index contributed by atoms with van der Waals surface area (Å²) in [5.41, 5.74) is 6.68. The average molecular weight is 1640 g/mol. The van der Waals surface area contributed by atoms with Gasteiger partial charge in [-0.2, -0.15) is 23.5 Å². The van der Waals surface area contributed by atoms with Crippen molar-refractivity contribution in [2.45, 2.75) is 298 Å². The van der Waals surface area contributed by atoms with Crippen molar-refractivity contribution >= 4 is 100 Å². The zero-order chi connectivity index (χ0) is 83.5. The van der Waals surface area contributed by atoms with Crippen molar-refractivity contribution in [2.24, 2.45) is 34.8 Å². The Morgan fingerprint density at radius 3 is 1.60 bits per heavy atom. The van der Waals surface area contributed by atoms with E-state index in [0.717, 1.165) is 35.4 Å². The normalized spacial score (nSPS) is 32.4. The fourth-order valence-electron chi connectivity index (χ4n) is 16.1. The first kappa shape index (κ1) is 93.9. The number of carboxylic acids is 1. The molecular weight excluding hydrogens is 1510 g/mol. The maximum absolute atomic E-state index is 15.4. The van der Waals surface area contributed by atoms with Crippen molar-refractivity contribution in [3.63, 3.8) is 0 Å². The van der Waals surface area contributed by atoms with Crippen LogP contribution in [-0.4, -0.2) is 255 Å². The number of nitrogens with one attached hydrogen (secondary N) is 14. The summed E-state index contributed by atoms with van der Waals surface area (Å²) in [4.78, 5) is 189. The standard InChI is InChI=1S/C78H128N16O18S2/c1-9-13-53-68(103)86-55(26-27-62(100)101)69(104)87-56(32-44-18-22-50(97)23-19-44)71(106)85-54(14-10-2)70(105)93-63(42(3)95)74(109)91-60(66(79)102)40-114-39-47-16-11-15-46(31-47)38-113-30-28-61(99)92-65(78(5,6)7)76(111)89-57(33-45-20-24-51(98)25-21-45)72(107)90-59(35-49-37-80-41-83-49)77(112)94(8)64(43(4)96)75(110)88-58(73(108)84-53)34-48-36-82-67-52(48)17-12-29-81-67/h11,15-16,31,42-45,48-60,63-65,67,80-83,95-98H,9-10,12-14,17-30,32-41H2,1-8H3,(H2,79,102)(H,84,108)(H,85,106)(H,86,103)(H,87,104)(H,88,110)(H,89,111)(H,90,107)(H,91,109)(H,92,99)(H,93,105)(H,100,101)/t42-,43-,44?,45?,48?,49?,50?,51?,52?,53+,54+,55+,56+,57+,58+,59+,60+,63+,64+,65-,67?/m1/s1. The fourth-order valence-corrected chi connectivity index (χ4v) is 18.0. The van der Waals surface area contributed by atoms with Crippen LogP contribution in [0.3, 0.4) is 0 Å².